The van der Waals surface area contributed by atoms with Gasteiger partial charge in [0.1, 0.15) is 9.88 Å². The van der Waals surface area contributed by atoms with Crippen LogP contribution in [0.2, 0.25) is 0 Å². The van der Waals surface area contributed by atoms with Crippen LogP contribution in [0.4, 0.5) is 17.1 Å². The van der Waals surface area contributed by atoms with Gasteiger partial charge in [0.2, 0.25) is 0 Å². The number of morpholine rings is 1. The maximum absolute atomic E-state index is 12.8. The number of thiazole rings is 1. The molecule has 8 heteroatoms. The molecule has 0 unspecified atom stereocenters. The molecule has 0 aliphatic carbocycles. The van der Waals surface area contributed by atoms with Crippen LogP contribution < -0.4 is 15.1 Å². The van der Waals surface area contributed by atoms with Crippen molar-refractivity contribution in [3.8, 4) is 10.6 Å². The summed E-state index contributed by atoms with van der Waals surface area (Å²) >= 11 is 1.42. The molecule has 0 spiro atoms. The average Bonchev–Trinajstić information content (AvgIpc) is 3.36. The van der Waals surface area contributed by atoms with Crippen molar-refractivity contribution in [2.45, 2.75) is 0 Å². The molecule has 1 N–H and O–H groups in total. The van der Waals surface area contributed by atoms with Crippen molar-refractivity contribution in [2.24, 2.45) is 0 Å². The molecule has 0 atom stereocenters. The van der Waals surface area contributed by atoms with Crippen molar-refractivity contribution >= 4 is 34.3 Å². The SMILES string of the molecule is CN1CCN(c2ccc(-c3ncc(C(=O)Nc4ccc(N5CCOCC5)cc4)s3)cc2)CC1. The third kappa shape index (κ3) is 5.19. The zero-order valence-corrected chi connectivity index (χ0v) is 19.7. The Labute approximate surface area is 198 Å². The van der Waals surface area contributed by atoms with E-state index in [1.165, 1.54) is 17.0 Å². The molecule has 3 heterocycles. The van der Waals surface area contributed by atoms with Gasteiger partial charge < -0.3 is 24.8 Å². The number of hydrogen-bond acceptors (Lipinski definition) is 7. The number of amides is 1. The Kier molecular flexibility index (Phi) is 6.57. The summed E-state index contributed by atoms with van der Waals surface area (Å²) in [7, 11) is 2.16. The van der Waals surface area contributed by atoms with Crippen molar-refractivity contribution in [1.29, 1.82) is 0 Å². The maximum Gasteiger partial charge on any atom is 0.267 e. The highest BCUT2D eigenvalue weighted by molar-refractivity contribution is 7.17. The first-order valence-corrected chi connectivity index (χ1v) is 12.2. The number of aromatic nitrogens is 1. The number of benzene rings is 2. The molecule has 5 rings (SSSR count). The molecule has 2 fully saturated rings. The Balaban J connectivity index is 1.20. The summed E-state index contributed by atoms with van der Waals surface area (Å²) in [5.74, 6) is -0.132. The number of carbonyl (C=O) groups excluding carboxylic acids is 1. The molecule has 1 amide bonds. The minimum absolute atomic E-state index is 0.132. The van der Waals surface area contributed by atoms with Crippen molar-refractivity contribution < 1.29 is 9.53 Å². The van der Waals surface area contributed by atoms with Gasteiger partial charge in [-0.15, -0.1) is 11.3 Å². The predicted octanol–water partition coefficient (Wildman–Crippen LogP) is 3.65. The van der Waals surface area contributed by atoms with Gasteiger partial charge in [0.25, 0.3) is 5.91 Å². The van der Waals surface area contributed by atoms with Crippen LogP contribution in [0.1, 0.15) is 9.67 Å². The highest BCUT2D eigenvalue weighted by atomic mass is 32.1. The third-order valence-electron chi connectivity index (χ3n) is 6.21. The molecule has 2 aliphatic rings. The Morgan fingerprint density at radius 2 is 1.48 bits per heavy atom. The van der Waals surface area contributed by atoms with E-state index in [1.807, 2.05) is 24.3 Å². The summed E-state index contributed by atoms with van der Waals surface area (Å²) in [5.41, 5.74) is 4.20. The smallest absolute Gasteiger partial charge is 0.267 e. The van der Waals surface area contributed by atoms with Crippen LogP contribution in [-0.4, -0.2) is 75.3 Å². The number of hydrogen-bond donors (Lipinski definition) is 1. The topological polar surface area (TPSA) is 60.9 Å². The molecule has 0 radical (unpaired) electrons. The van der Waals surface area contributed by atoms with Gasteiger partial charge in [-0.2, -0.15) is 0 Å². The lowest BCUT2D eigenvalue weighted by Crippen LogP contribution is -2.44. The van der Waals surface area contributed by atoms with E-state index in [0.717, 1.165) is 74.4 Å². The minimum Gasteiger partial charge on any atom is -0.378 e. The molecular weight excluding hydrogens is 434 g/mol. The fraction of sp³-hybridized carbons (Fsp3) is 0.360. The molecule has 1 aromatic heterocycles. The van der Waals surface area contributed by atoms with Crippen LogP contribution in [0.3, 0.4) is 0 Å². The summed E-state index contributed by atoms with van der Waals surface area (Å²) in [4.78, 5) is 24.9. The lowest BCUT2D eigenvalue weighted by atomic mass is 10.2. The highest BCUT2D eigenvalue weighted by Crippen LogP contribution is 2.28. The number of piperazine rings is 1. The van der Waals surface area contributed by atoms with Crippen molar-refractivity contribution in [3.05, 3.63) is 59.6 Å². The first kappa shape index (κ1) is 21.9. The summed E-state index contributed by atoms with van der Waals surface area (Å²) in [6.07, 6.45) is 1.66. The van der Waals surface area contributed by atoms with Crippen molar-refractivity contribution in [3.63, 3.8) is 0 Å². The summed E-state index contributed by atoms with van der Waals surface area (Å²) < 4.78 is 5.41. The summed E-state index contributed by atoms with van der Waals surface area (Å²) in [6, 6.07) is 16.5. The van der Waals surface area contributed by atoms with E-state index in [1.54, 1.807) is 6.20 Å². The average molecular weight is 464 g/mol. The van der Waals surface area contributed by atoms with E-state index >= 15 is 0 Å². The van der Waals surface area contributed by atoms with Gasteiger partial charge in [-0.1, -0.05) is 0 Å². The van der Waals surface area contributed by atoms with Gasteiger partial charge in [-0.3, -0.25) is 4.79 Å². The standard InChI is InChI=1S/C25H29N5O2S/c1-28-10-12-29(13-11-28)21-6-2-19(3-7-21)25-26-18-23(33-25)24(31)27-20-4-8-22(9-5-20)30-14-16-32-17-15-30/h2-9,18H,10-17H2,1H3,(H,27,31). The van der Waals surface area contributed by atoms with E-state index < -0.39 is 0 Å². The Hall–Kier alpha value is -2.94. The van der Waals surface area contributed by atoms with Crippen LogP contribution in [-0.2, 0) is 4.74 Å². The van der Waals surface area contributed by atoms with Gasteiger partial charge in [-0.25, -0.2) is 4.98 Å². The Morgan fingerprint density at radius 3 is 2.15 bits per heavy atom. The molecule has 0 bridgehead atoms. The number of carbonyl (C=O) groups is 1. The monoisotopic (exact) mass is 463 g/mol. The van der Waals surface area contributed by atoms with Crippen LogP contribution in [0.5, 0.6) is 0 Å². The normalized spacial score (nSPS) is 17.2. The highest BCUT2D eigenvalue weighted by Gasteiger charge is 2.16. The molecule has 2 aromatic carbocycles. The molecule has 7 nitrogen and oxygen atoms in total. The van der Waals surface area contributed by atoms with E-state index in [2.05, 4.69) is 56.3 Å². The van der Waals surface area contributed by atoms with Gasteiger partial charge in [0.05, 0.1) is 19.4 Å². The second-order valence-corrected chi connectivity index (χ2v) is 9.50. The first-order chi connectivity index (χ1) is 16.2. The lowest BCUT2D eigenvalue weighted by Gasteiger charge is -2.34. The van der Waals surface area contributed by atoms with Gasteiger partial charge >= 0.3 is 0 Å². The summed E-state index contributed by atoms with van der Waals surface area (Å²) in [6.45, 7) is 7.56. The fourth-order valence-electron chi connectivity index (χ4n) is 4.16. The Bertz CT molecular complexity index is 1070. The third-order valence-corrected chi connectivity index (χ3v) is 7.26. The molecule has 3 aromatic rings. The number of nitrogens with one attached hydrogen (secondary N) is 1. The van der Waals surface area contributed by atoms with Crippen LogP contribution in [0.25, 0.3) is 10.6 Å². The molecule has 2 aliphatic heterocycles. The largest absolute Gasteiger partial charge is 0.378 e. The zero-order chi connectivity index (χ0) is 22.6. The van der Waals surface area contributed by atoms with Crippen molar-refractivity contribution in [1.82, 2.24) is 9.88 Å². The number of nitrogens with zero attached hydrogens (tertiary/aromatic N) is 4. The van der Waals surface area contributed by atoms with Crippen LogP contribution >= 0.6 is 11.3 Å². The van der Waals surface area contributed by atoms with E-state index in [0.29, 0.717) is 4.88 Å². The van der Waals surface area contributed by atoms with E-state index in [-0.39, 0.29) is 5.91 Å². The number of rotatable bonds is 5. The maximum atomic E-state index is 12.8. The first-order valence-electron chi connectivity index (χ1n) is 11.4. The van der Waals surface area contributed by atoms with Gasteiger partial charge in [-0.05, 0) is 55.6 Å². The second-order valence-electron chi connectivity index (χ2n) is 8.47. The quantitative estimate of drug-likeness (QED) is 0.623. The second kappa shape index (κ2) is 9.91. The van der Waals surface area contributed by atoms with E-state index in [9.17, 15) is 4.79 Å². The fourth-order valence-corrected chi connectivity index (χ4v) is 4.98. The molecular formula is C25H29N5O2S. The van der Waals surface area contributed by atoms with E-state index in [4.69, 9.17) is 4.74 Å². The zero-order valence-electron chi connectivity index (χ0n) is 18.9. The number of anilines is 3. The van der Waals surface area contributed by atoms with Crippen LogP contribution in [0.15, 0.2) is 54.7 Å². The van der Waals surface area contributed by atoms with Gasteiger partial charge in [0, 0.05) is 61.9 Å². The number of ether oxygens (including phenoxy) is 1. The molecule has 2 saturated heterocycles. The Morgan fingerprint density at radius 1 is 0.879 bits per heavy atom. The predicted molar refractivity (Wildman–Crippen MR) is 135 cm³/mol. The van der Waals surface area contributed by atoms with Crippen molar-refractivity contribution in [2.75, 3.05) is 74.6 Å². The molecule has 0 saturated carbocycles. The van der Waals surface area contributed by atoms with Gasteiger partial charge in [0.15, 0.2) is 0 Å². The number of likely N-dealkylation sites (N-methyl/N-ethyl adjacent to an activating group) is 1. The van der Waals surface area contributed by atoms with Crippen LogP contribution in [0, 0.1) is 0 Å². The summed E-state index contributed by atoms with van der Waals surface area (Å²) in [5, 5.41) is 3.84. The lowest BCUT2D eigenvalue weighted by molar-refractivity contribution is 0.103. The molecule has 33 heavy (non-hydrogen) atoms. The minimum atomic E-state index is -0.132. The molecule has 172 valence electrons.